The van der Waals surface area contributed by atoms with E-state index in [2.05, 4.69) is 0 Å². The summed E-state index contributed by atoms with van der Waals surface area (Å²) >= 11 is 0. The summed E-state index contributed by atoms with van der Waals surface area (Å²) in [6, 6.07) is 0. The summed E-state index contributed by atoms with van der Waals surface area (Å²) < 4.78 is 0. The van der Waals surface area contributed by atoms with Crippen molar-refractivity contribution in [2.75, 3.05) is 0 Å². The molecule has 0 spiro atoms. The van der Waals surface area contributed by atoms with Crippen molar-refractivity contribution in [1.82, 2.24) is 0 Å². The first-order valence-corrected chi connectivity index (χ1v) is 6.45. The first-order chi connectivity index (χ1) is 6.45. The zero-order valence-corrected chi connectivity index (χ0v) is 10.7. The molecule has 0 aromatic rings. The number of hydrogen-bond donors (Lipinski definition) is 0. The standard InChI is InChI=1S/C7H12.3C2H6/c1-2-7-4-3-6(1)5-7;3*1-2/h6-7H,1-5H2;3*1-2H3. The SMILES string of the molecule is C1CC2CCC1C2.CC.CC.CC. The Morgan fingerprint density at radius 1 is 0.538 bits per heavy atom. The Bertz CT molecular complexity index is 58.1. The second-order valence-corrected chi connectivity index (χ2v) is 3.12. The molecule has 2 aliphatic rings. The van der Waals surface area contributed by atoms with Gasteiger partial charge in [0.2, 0.25) is 0 Å². The van der Waals surface area contributed by atoms with Crippen LogP contribution in [0.4, 0.5) is 0 Å². The van der Waals surface area contributed by atoms with Crippen molar-refractivity contribution in [2.24, 2.45) is 11.8 Å². The first kappa shape index (κ1) is 15.5. The molecule has 0 unspecified atom stereocenters. The van der Waals surface area contributed by atoms with E-state index in [-0.39, 0.29) is 0 Å². The first-order valence-electron chi connectivity index (χ1n) is 6.45. The molecule has 82 valence electrons. The van der Waals surface area contributed by atoms with Crippen LogP contribution in [0.25, 0.3) is 0 Å². The Morgan fingerprint density at radius 3 is 0.846 bits per heavy atom. The van der Waals surface area contributed by atoms with E-state index in [0.29, 0.717) is 0 Å². The van der Waals surface area contributed by atoms with Gasteiger partial charge in [-0.1, -0.05) is 67.2 Å². The molecule has 13 heavy (non-hydrogen) atoms. The van der Waals surface area contributed by atoms with Crippen LogP contribution in [-0.2, 0) is 0 Å². The van der Waals surface area contributed by atoms with Gasteiger partial charge in [0.05, 0.1) is 0 Å². The molecule has 2 saturated carbocycles. The fourth-order valence-corrected chi connectivity index (χ4v) is 2.17. The Hall–Kier alpha value is 0. The van der Waals surface area contributed by atoms with E-state index in [9.17, 15) is 0 Å². The lowest BCUT2D eigenvalue weighted by Gasteiger charge is -2.05. The molecule has 2 fully saturated rings. The third-order valence-corrected chi connectivity index (χ3v) is 2.63. The molecular formula is C13H30. The molecule has 0 aliphatic heterocycles. The minimum Gasteiger partial charge on any atom is -0.0683 e. The maximum absolute atomic E-state index is 2.00. The summed E-state index contributed by atoms with van der Waals surface area (Å²) in [7, 11) is 0. The summed E-state index contributed by atoms with van der Waals surface area (Å²) in [6.45, 7) is 12.0. The van der Waals surface area contributed by atoms with Crippen LogP contribution in [0.2, 0.25) is 0 Å². The second-order valence-electron chi connectivity index (χ2n) is 3.12. The lowest BCUT2D eigenvalue weighted by molar-refractivity contribution is 0.480. The van der Waals surface area contributed by atoms with Crippen molar-refractivity contribution in [3.05, 3.63) is 0 Å². The molecule has 0 aromatic heterocycles. The highest BCUT2D eigenvalue weighted by Crippen LogP contribution is 2.43. The third kappa shape index (κ3) is 6.12. The minimum absolute atomic E-state index is 1.17. The largest absolute Gasteiger partial charge is 0.0683 e. The van der Waals surface area contributed by atoms with Crippen molar-refractivity contribution in [3.63, 3.8) is 0 Å². The lowest BCUT2D eigenvalue weighted by Crippen LogP contribution is -1.90. The molecule has 2 bridgehead atoms. The van der Waals surface area contributed by atoms with Gasteiger partial charge < -0.3 is 0 Å². The topological polar surface area (TPSA) is 0 Å². The smallest absolute Gasteiger partial charge is 0.0411 e. The summed E-state index contributed by atoms with van der Waals surface area (Å²) in [5, 5.41) is 0. The van der Waals surface area contributed by atoms with Crippen LogP contribution in [0.3, 0.4) is 0 Å². The van der Waals surface area contributed by atoms with E-state index in [1.54, 1.807) is 32.1 Å². The van der Waals surface area contributed by atoms with Crippen molar-refractivity contribution < 1.29 is 0 Å². The lowest BCUT2D eigenvalue weighted by atomic mass is 10.0. The van der Waals surface area contributed by atoms with E-state index in [1.807, 2.05) is 41.5 Å². The Balaban J connectivity index is 0. The Kier molecular flexibility index (Phi) is 14.3. The average molecular weight is 186 g/mol. The summed E-state index contributed by atoms with van der Waals surface area (Å²) in [4.78, 5) is 0. The van der Waals surface area contributed by atoms with Gasteiger partial charge >= 0.3 is 0 Å². The monoisotopic (exact) mass is 186 g/mol. The van der Waals surface area contributed by atoms with Crippen LogP contribution in [0, 0.1) is 11.8 Å². The highest BCUT2D eigenvalue weighted by Gasteiger charge is 2.30. The molecule has 0 nitrogen and oxygen atoms in total. The van der Waals surface area contributed by atoms with Gasteiger partial charge in [0.15, 0.2) is 0 Å². The summed E-state index contributed by atoms with van der Waals surface area (Å²) in [5.41, 5.74) is 0. The molecule has 0 atom stereocenters. The highest BCUT2D eigenvalue weighted by atomic mass is 14.4. The fourth-order valence-electron chi connectivity index (χ4n) is 2.17. The van der Waals surface area contributed by atoms with Crippen LogP contribution in [0.5, 0.6) is 0 Å². The van der Waals surface area contributed by atoms with Gasteiger partial charge in [-0.05, 0) is 18.3 Å². The zero-order valence-electron chi connectivity index (χ0n) is 10.7. The zero-order chi connectivity index (χ0) is 10.7. The third-order valence-electron chi connectivity index (χ3n) is 2.63. The number of hydrogen-bond acceptors (Lipinski definition) is 0. The van der Waals surface area contributed by atoms with Gasteiger partial charge in [-0.3, -0.25) is 0 Å². The van der Waals surface area contributed by atoms with Gasteiger partial charge in [0.1, 0.15) is 0 Å². The molecule has 2 aliphatic carbocycles. The maximum Gasteiger partial charge on any atom is -0.0411 e. The molecule has 0 aromatic carbocycles. The molecule has 0 N–H and O–H groups in total. The van der Waals surface area contributed by atoms with E-state index < -0.39 is 0 Å². The van der Waals surface area contributed by atoms with E-state index in [0.717, 1.165) is 0 Å². The van der Waals surface area contributed by atoms with E-state index >= 15 is 0 Å². The van der Waals surface area contributed by atoms with Crippen molar-refractivity contribution >= 4 is 0 Å². The summed E-state index contributed by atoms with van der Waals surface area (Å²) in [6.07, 6.45) is 7.82. The minimum atomic E-state index is 1.17. The molecule has 0 heteroatoms. The normalized spacial score (nSPS) is 27.2. The molecule has 2 rings (SSSR count). The van der Waals surface area contributed by atoms with Gasteiger partial charge in [-0.2, -0.15) is 0 Å². The van der Waals surface area contributed by atoms with Crippen LogP contribution in [-0.4, -0.2) is 0 Å². The molecular weight excluding hydrogens is 156 g/mol. The average Bonchev–Trinajstić information content (AvgIpc) is 2.90. The van der Waals surface area contributed by atoms with Crippen LogP contribution in [0.15, 0.2) is 0 Å². The fraction of sp³-hybridized carbons (Fsp3) is 1.00. The van der Waals surface area contributed by atoms with Gasteiger partial charge in [-0.15, -0.1) is 0 Å². The molecule has 0 radical (unpaired) electrons. The Morgan fingerprint density at radius 2 is 0.769 bits per heavy atom. The van der Waals surface area contributed by atoms with E-state index in [4.69, 9.17) is 0 Å². The van der Waals surface area contributed by atoms with E-state index in [1.165, 1.54) is 11.8 Å². The summed E-state index contributed by atoms with van der Waals surface area (Å²) in [5.74, 6) is 2.34. The van der Waals surface area contributed by atoms with Crippen molar-refractivity contribution in [2.45, 2.75) is 73.6 Å². The second kappa shape index (κ2) is 12.0. The van der Waals surface area contributed by atoms with Gasteiger partial charge in [0.25, 0.3) is 0 Å². The maximum atomic E-state index is 2.00. The predicted molar refractivity (Wildman–Crippen MR) is 64.1 cm³/mol. The predicted octanol–water partition coefficient (Wildman–Crippen LogP) is 5.28. The van der Waals surface area contributed by atoms with Gasteiger partial charge in [-0.25, -0.2) is 0 Å². The number of rotatable bonds is 0. The van der Waals surface area contributed by atoms with Crippen LogP contribution >= 0.6 is 0 Å². The Labute approximate surface area is 86.1 Å². The van der Waals surface area contributed by atoms with Crippen molar-refractivity contribution in [1.29, 1.82) is 0 Å². The molecule has 0 saturated heterocycles. The van der Waals surface area contributed by atoms with Crippen LogP contribution < -0.4 is 0 Å². The van der Waals surface area contributed by atoms with Crippen molar-refractivity contribution in [3.8, 4) is 0 Å². The number of fused-ring (bicyclic) bond motifs is 2. The highest BCUT2D eigenvalue weighted by molar-refractivity contribution is 4.82. The van der Waals surface area contributed by atoms with Crippen LogP contribution in [0.1, 0.15) is 73.6 Å². The molecule has 0 heterocycles. The molecule has 0 amide bonds. The quantitative estimate of drug-likeness (QED) is 0.483. The van der Waals surface area contributed by atoms with Gasteiger partial charge in [0, 0.05) is 0 Å².